The molecule has 72 valence electrons. The SMILES string of the molecule is Cn1ccc(-c2ncc(Br)c(=O)[nH]2)n1. The second-order valence-corrected chi connectivity index (χ2v) is 3.64. The minimum absolute atomic E-state index is 0.208. The number of aryl methyl sites for hydroxylation is 1. The third kappa shape index (κ3) is 1.60. The molecule has 6 heteroatoms. The fourth-order valence-electron chi connectivity index (χ4n) is 1.05. The number of nitrogens with one attached hydrogen (secondary N) is 1. The molecule has 2 heterocycles. The largest absolute Gasteiger partial charge is 0.304 e. The van der Waals surface area contributed by atoms with Gasteiger partial charge in [-0.1, -0.05) is 0 Å². The van der Waals surface area contributed by atoms with Gasteiger partial charge in [-0.05, 0) is 22.0 Å². The van der Waals surface area contributed by atoms with Crippen LogP contribution in [0.4, 0.5) is 0 Å². The fraction of sp³-hybridized carbons (Fsp3) is 0.125. The van der Waals surface area contributed by atoms with Gasteiger partial charge >= 0.3 is 0 Å². The van der Waals surface area contributed by atoms with Crippen LogP contribution in [0.5, 0.6) is 0 Å². The molecule has 2 aromatic heterocycles. The van der Waals surface area contributed by atoms with Crippen LogP contribution in [-0.2, 0) is 7.05 Å². The lowest BCUT2D eigenvalue weighted by atomic mass is 10.4. The first-order valence-corrected chi connectivity index (χ1v) is 4.71. The molecule has 0 atom stereocenters. The van der Waals surface area contributed by atoms with E-state index in [2.05, 4.69) is 31.0 Å². The standard InChI is InChI=1S/C8H7BrN4O/c1-13-3-2-6(12-13)7-10-4-5(9)8(14)11-7/h2-4H,1H3,(H,10,11,14). The Morgan fingerprint density at radius 2 is 2.36 bits per heavy atom. The number of halogens is 1. The maximum atomic E-state index is 11.2. The minimum Gasteiger partial charge on any atom is -0.304 e. The minimum atomic E-state index is -0.208. The zero-order valence-corrected chi connectivity index (χ0v) is 8.95. The van der Waals surface area contributed by atoms with Crippen LogP contribution in [0.2, 0.25) is 0 Å². The summed E-state index contributed by atoms with van der Waals surface area (Å²) in [7, 11) is 1.81. The van der Waals surface area contributed by atoms with Crippen molar-refractivity contribution < 1.29 is 0 Å². The first kappa shape index (κ1) is 9.14. The molecule has 2 aromatic rings. The van der Waals surface area contributed by atoms with Gasteiger partial charge < -0.3 is 4.98 Å². The summed E-state index contributed by atoms with van der Waals surface area (Å²) in [6.45, 7) is 0. The van der Waals surface area contributed by atoms with Crippen molar-refractivity contribution in [1.29, 1.82) is 0 Å². The van der Waals surface area contributed by atoms with E-state index in [0.29, 0.717) is 16.0 Å². The number of H-pyrrole nitrogens is 1. The van der Waals surface area contributed by atoms with Crippen molar-refractivity contribution in [2.75, 3.05) is 0 Å². The molecule has 0 spiro atoms. The molecule has 0 unspecified atom stereocenters. The van der Waals surface area contributed by atoms with Crippen molar-refractivity contribution in [2.24, 2.45) is 7.05 Å². The van der Waals surface area contributed by atoms with Gasteiger partial charge in [0, 0.05) is 19.4 Å². The molecule has 1 N–H and O–H groups in total. The van der Waals surface area contributed by atoms with Crippen LogP contribution in [0.15, 0.2) is 27.7 Å². The lowest BCUT2D eigenvalue weighted by molar-refractivity contribution is 0.768. The van der Waals surface area contributed by atoms with Crippen LogP contribution in [0.3, 0.4) is 0 Å². The summed E-state index contributed by atoms with van der Waals surface area (Å²) >= 11 is 3.08. The van der Waals surface area contributed by atoms with Crippen molar-refractivity contribution in [1.82, 2.24) is 19.7 Å². The quantitative estimate of drug-likeness (QED) is 0.824. The van der Waals surface area contributed by atoms with Crippen LogP contribution in [0.25, 0.3) is 11.5 Å². The first-order chi connectivity index (χ1) is 6.66. The maximum absolute atomic E-state index is 11.2. The van der Waals surface area contributed by atoms with Gasteiger partial charge in [-0.25, -0.2) is 4.98 Å². The predicted molar refractivity (Wildman–Crippen MR) is 54.8 cm³/mol. The molecule has 0 radical (unpaired) electrons. The van der Waals surface area contributed by atoms with Gasteiger partial charge in [0.15, 0.2) is 5.82 Å². The highest BCUT2D eigenvalue weighted by atomic mass is 79.9. The van der Waals surface area contributed by atoms with E-state index in [1.165, 1.54) is 6.20 Å². The summed E-state index contributed by atoms with van der Waals surface area (Å²) in [5.41, 5.74) is 0.442. The van der Waals surface area contributed by atoms with E-state index in [9.17, 15) is 4.79 Å². The molecule has 0 fully saturated rings. The topological polar surface area (TPSA) is 63.6 Å². The smallest absolute Gasteiger partial charge is 0.265 e. The van der Waals surface area contributed by atoms with Crippen LogP contribution in [0, 0.1) is 0 Å². The molecule has 0 saturated carbocycles. The van der Waals surface area contributed by atoms with Crippen LogP contribution >= 0.6 is 15.9 Å². The summed E-state index contributed by atoms with van der Waals surface area (Å²) in [5, 5.41) is 4.12. The molecule has 0 bridgehead atoms. The van der Waals surface area contributed by atoms with Crippen LogP contribution in [0.1, 0.15) is 0 Å². The van der Waals surface area contributed by atoms with Gasteiger partial charge in [0.1, 0.15) is 10.2 Å². The number of aromatic amines is 1. The Morgan fingerprint density at radius 3 is 2.93 bits per heavy atom. The number of hydrogen-bond donors (Lipinski definition) is 1. The Morgan fingerprint density at radius 1 is 1.57 bits per heavy atom. The summed E-state index contributed by atoms with van der Waals surface area (Å²) in [6, 6.07) is 1.78. The van der Waals surface area contributed by atoms with Crippen LogP contribution in [-0.4, -0.2) is 19.7 Å². The average Bonchev–Trinajstić information content (AvgIpc) is 2.57. The zero-order chi connectivity index (χ0) is 10.1. The highest BCUT2D eigenvalue weighted by Gasteiger charge is 2.04. The number of hydrogen-bond acceptors (Lipinski definition) is 3. The van der Waals surface area contributed by atoms with Crippen molar-refractivity contribution in [3.63, 3.8) is 0 Å². The highest BCUT2D eigenvalue weighted by molar-refractivity contribution is 9.10. The molecule has 5 nitrogen and oxygen atoms in total. The maximum Gasteiger partial charge on any atom is 0.265 e. The number of rotatable bonds is 1. The lowest BCUT2D eigenvalue weighted by Crippen LogP contribution is -2.09. The molecule has 14 heavy (non-hydrogen) atoms. The first-order valence-electron chi connectivity index (χ1n) is 3.91. The molecule has 0 saturated heterocycles. The van der Waals surface area contributed by atoms with E-state index in [1.807, 2.05) is 0 Å². The average molecular weight is 255 g/mol. The van der Waals surface area contributed by atoms with Gasteiger partial charge in [-0.3, -0.25) is 9.48 Å². The number of aromatic nitrogens is 4. The zero-order valence-electron chi connectivity index (χ0n) is 7.36. The molecular formula is C8H7BrN4O. The van der Waals surface area contributed by atoms with Crippen LogP contribution < -0.4 is 5.56 Å². The molecule has 0 amide bonds. The van der Waals surface area contributed by atoms with E-state index in [1.54, 1.807) is 24.0 Å². The summed E-state index contributed by atoms with van der Waals surface area (Å²) < 4.78 is 2.06. The lowest BCUT2D eigenvalue weighted by Gasteiger charge is -1.95. The molecular weight excluding hydrogens is 248 g/mol. The van der Waals surface area contributed by atoms with Gasteiger partial charge in [0.25, 0.3) is 5.56 Å². The van der Waals surface area contributed by atoms with E-state index in [-0.39, 0.29) is 5.56 Å². The van der Waals surface area contributed by atoms with Crippen molar-refractivity contribution in [2.45, 2.75) is 0 Å². The second kappa shape index (κ2) is 3.38. The van der Waals surface area contributed by atoms with Gasteiger partial charge in [-0.15, -0.1) is 0 Å². The third-order valence-corrected chi connectivity index (χ3v) is 2.28. The van der Waals surface area contributed by atoms with Gasteiger partial charge in [0.05, 0.1) is 0 Å². The fourth-order valence-corrected chi connectivity index (χ4v) is 1.25. The Hall–Kier alpha value is -1.43. The molecule has 0 aliphatic carbocycles. The Bertz CT molecular complexity index is 516. The van der Waals surface area contributed by atoms with Crippen molar-refractivity contribution in [3.8, 4) is 11.5 Å². The Kier molecular flexibility index (Phi) is 2.20. The van der Waals surface area contributed by atoms with E-state index >= 15 is 0 Å². The summed E-state index contributed by atoms with van der Waals surface area (Å²) in [5.74, 6) is 0.471. The Balaban J connectivity index is 2.53. The molecule has 0 aliphatic heterocycles. The van der Waals surface area contributed by atoms with Crippen molar-refractivity contribution >= 4 is 15.9 Å². The molecule has 2 rings (SSSR count). The second-order valence-electron chi connectivity index (χ2n) is 2.78. The van der Waals surface area contributed by atoms with E-state index in [0.717, 1.165) is 0 Å². The number of nitrogens with zero attached hydrogens (tertiary/aromatic N) is 3. The normalized spacial score (nSPS) is 10.4. The van der Waals surface area contributed by atoms with Gasteiger partial charge in [0.2, 0.25) is 0 Å². The molecule has 0 aliphatic rings. The van der Waals surface area contributed by atoms with E-state index < -0.39 is 0 Å². The highest BCUT2D eigenvalue weighted by Crippen LogP contribution is 2.09. The van der Waals surface area contributed by atoms with Gasteiger partial charge in [-0.2, -0.15) is 5.10 Å². The Labute approximate surface area is 87.9 Å². The summed E-state index contributed by atoms with van der Waals surface area (Å²) in [6.07, 6.45) is 3.25. The van der Waals surface area contributed by atoms with E-state index in [4.69, 9.17) is 0 Å². The summed E-state index contributed by atoms with van der Waals surface area (Å²) in [4.78, 5) is 17.9. The predicted octanol–water partition coefficient (Wildman–Crippen LogP) is 0.933. The monoisotopic (exact) mass is 254 g/mol. The van der Waals surface area contributed by atoms with Crippen molar-refractivity contribution in [3.05, 3.63) is 33.3 Å². The molecule has 0 aromatic carbocycles. The third-order valence-electron chi connectivity index (χ3n) is 1.71.